The van der Waals surface area contributed by atoms with Crippen LogP contribution in [0, 0.1) is 12.7 Å². The summed E-state index contributed by atoms with van der Waals surface area (Å²) in [5.41, 5.74) is 1.18. The number of benzene rings is 2. The minimum absolute atomic E-state index is 0.100. The molecule has 0 unspecified atom stereocenters. The predicted molar refractivity (Wildman–Crippen MR) is 110 cm³/mol. The van der Waals surface area contributed by atoms with Crippen molar-refractivity contribution in [1.82, 2.24) is 9.21 Å². The lowest BCUT2D eigenvalue weighted by molar-refractivity contribution is -0.131. The van der Waals surface area contributed by atoms with Crippen LogP contribution in [0.4, 0.5) is 4.39 Å². The van der Waals surface area contributed by atoms with Crippen LogP contribution in [0.15, 0.2) is 53.4 Å². The molecule has 1 heterocycles. The standard InChI is InChI=1S/C22H27FN2O3S/c1-18-10-12-20(13-11-18)29(27,28)25(16-19-8-4-5-9-21(19)23)17-22(26)24-14-6-2-3-7-15-24/h4-5,8-13H,2-3,6-7,14-17H2,1H3. The number of rotatable bonds is 6. The summed E-state index contributed by atoms with van der Waals surface area (Å²) >= 11 is 0. The molecule has 156 valence electrons. The third kappa shape index (κ3) is 5.42. The number of carbonyl (C=O) groups excluding carboxylic acids is 1. The van der Waals surface area contributed by atoms with Gasteiger partial charge in [-0.05, 0) is 38.0 Å². The molecule has 0 spiro atoms. The number of likely N-dealkylation sites (tertiary alicyclic amines) is 1. The maximum atomic E-state index is 14.2. The fraction of sp³-hybridized carbons (Fsp3) is 0.409. The lowest BCUT2D eigenvalue weighted by Gasteiger charge is -2.26. The Morgan fingerprint density at radius 3 is 2.24 bits per heavy atom. The highest BCUT2D eigenvalue weighted by atomic mass is 32.2. The Balaban J connectivity index is 1.89. The fourth-order valence-electron chi connectivity index (χ4n) is 3.47. The van der Waals surface area contributed by atoms with Gasteiger partial charge in [-0.2, -0.15) is 4.31 Å². The normalized spacial score (nSPS) is 15.3. The molecule has 0 saturated carbocycles. The Bertz CT molecular complexity index is 937. The molecule has 0 radical (unpaired) electrons. The molecule has 29 heavy (non-hydrogen) atoms. The van der Waals surface area contributed by atoms with Crippen LogP contribution in [0.2, 0.25) is 0 Å². The molecule has 2 aromatic carbocycles. The van der Waals surface area contributed by atoms with Crippen LogP contribution in [0.1, 0.15) is 36.8 Å². The molecule has 5 nitrogen and oxygen atoms in total. The molecular weight excluding hydrogens is 391 g/mol. The average Bonchev–Trinajstić information content (AvgIpc) is 2.99. The first-order valence-corrected chi connectivity index (χ1v) is 11.4. The van der Waals surface area contributed by atoms with E-state index in [1.54, 1.807) is 35.2 Å². The van der Waals surface area contributed by atoms with Crippen LogP contribution >= 0.6 is 0 Å². The second kappa shape index (κ2) is 9.50. The summed E-state index contributed by atoms with van der Waals surface area (Å²) in [7, 11) is -3.96. The smallest absolute Gasteiger partial charge is 0.243 e. The van der Waals surface area contributed by atoms with Crippen molar-refractivity contribution in [2.45, 2.75) is 44.0 Å². The molecule has 3 rings (SSSR count). The van der Waals surface area contributed by atoms with E-state index in [1.165, 1.54) is 18.2 Å². The summed E-state index contributed by atoms with van der Waals surface area (Å²) in [5.74, 6) is -0.724. The maximum absolute atomic E-state index is 14.2. The molecule has 2 aromatic rings. The summed E-state index contributed by atoms with van der Waals surface area (Å²) in [6, 6.07) is 12.5. The summed E-state index contributed by atoms with van der Waals surface area (Å²) in [4.78, 5) is 14.7. The number of aryl methyl sites for hydroxylation is 1. The number of hydrogen-bond donors (Lipinski definition) is 0. The van der Waals surface area contributed by atoms with Crippen molar-refractivity contribution < 1.29 is 17.6 Å². The minimum Gasteiger partial charge on any atom is -0.342 e. The van der Waals surface area contributed by atoms with Gasteiger partial charge in [0.2, 0.25) is 15.9 Å². The Morgan fingerprint density at radius 2 is 1.62 bits per heavy atom. The number of carbonyl (C=O) groups is 1. The Labute approximate surface area is 172 Å². The van der Waals surface area contributed by atoms with Gasteiger partial charge in [-0.3, -0.25) is 4.79 Å². The fourth-order valence-corrected chi connectivity index (χ4v) is 4.84. The summed E-state index contributed by atoms with van der Waals surface area (Å²) in [6.07, 6.45) is 3.99. The third-order valence-electron chi connectivity index (χ3n) is 5.23. The maximum Gasteiger partial charge on any atom is 0.243 e. The van der Waals surface area contributed by atoms with Crippen molar-refractivity contribution in [3.63, 3.8) is 0 Å². The van der Waals surface area contributed by atoms with Gasteiger partial charge in [0.05, 0.1) is 11.4 Å². The summed E-state index contributed by atoms with van der Waals surface area (Å²) < 4.78 is 41.9. The molecule has 0 aliphatic carbocycles. The quantitative estimate of drug-likeness (QED) is 0.718. The van der Waals surface area contributed by atoms with Gasteiger partial charge in [0.25, 0.3) is 0 Å². The number of hydrogen-bond acceptors (Lipinski definition) is 3. The number of sulfonamides is 1. The van der Waals surface area contributed by atoms with Crippen LogP contribution in [0.25, 0.3) is 0 Å². The number of nitrogens with zero attached hydrogens (tertiary/aromatic N) is 2. The van der Waals surface area contributed by atoms with Gasteiger partial charge in [-0.25, -0.2) is 12.8 Å². The molecule has 0 N–H and O–H groups in total. The molecule has 1 aliphatic rings. The van der Waals surface area contributed by atoms with Crippen molar-refractivity contribution in [2.24, 2.45) is 0 Å². The molecule has 1 aliphatic heterocycles. The topological polar surface area (TPSA) is 57.7 Å². The first kappa shape index (κ1) is 21.5. The van der Waals surface area contributed by atoms with Gasteiger partial charge in [0, 0.05) is 25.2 Å². The van der Waals surface area contributed by atoms with Crippen molar-refractivity contribution in [3.8, 4) is 0 Å². The summed E-state index contributed by atoms with van der Waals surface area (Å²) in [5, 5.41) is 0. The highest BCUT2D eigenvalue weighted by molar-refractivity contribution is 7.89. The van der Waals surface area contributed by atoms with Gasteiger partial charge < -0.3 is 4.90 Å². The molecule has 1 fully saturated rings. The lowest BCUT2D eigenvalue weighted by atomic mass is 10.2. The Morgan fingerprint density at radius 1 is 1.00 bits per heavy atom. The molecule has 1 amide bonds. The van der Waals surface area contributed by atoms with Gasteiger partial charge in [-0.15, -0.1) is 0 Å². The third-order valence-corrected chi connectivity index (χ3v) is 7.04. The highest BCUT2D eigenvalue weighted by Crippen LogP contribution is 2.21. The zero-order chi connectivity index (χ0) is 20.9. The van der Waals surface area contributed by atoms with E-state index in [-0.39, 0.29) is 29.5 Å². The molecule has 7 heteroatoms. The van der Waals surface area contributed by atoms with Crippen molar-refractivity contribution in [3.05, 3.63) is 65.5 Å². The highest BCUT2D eigenvalue weighted by Gasteiger charge is 2.29. The molecular formula is C22H27FN2O3S. The van der Waals surface area contributed by atoms with Gasteiger partial charge in [0.15, 0.2) is 0 Å². The van der Waals surface area contributed by atoms with Crippen LogP contribution in [0.3, 0.4) is 0 Å². The number of halogens is 1. The van der Waals surface area contributed by atoms with Crippen molar-refractivity contribution in [1.29, 1.82) is 0 Å². The van der Waals surface area contributed by atoms with E-state index in [9.17, 15) is 17.6 Å². The molecule has 0 atom stereocenters. The van der Waals surface area contributed by atoms with Crippen LogP contribution < -0.4 is 0 Å². The molecule has 0 bridgehead atoms. The van der Waals surface area contributed by atoms with E-state index in [4.69, 9.17) is 0 Å². The first-order valence-electron chi connectivity index (χ1n) is 9.96. The predicted octanol–water partition coefficient (Wildman–Crippen LogP) is 3.73. The minimum atomic E-state index is -3.96. The van der Waals surface area contributed by atoms with Crippen LogP contribution in [-0.4, -0.2) is 43.2 Å². The van der Waals surface area contributed by atoms with E-state index in [0.29, 0.717) is 13.1 Å². The monoisotopic (exact) mass is 418 g/mol. The van der Waals surface area contributed by atoms with Crippen molar-refractivity contribution in [2.75, 3.05) is 19.6 Å². The van der Waals surface area contributed by atoms with E-state index >= 15 is 0 Å². The zero-order valence-electron chi connectivity index (χ0n) is 16.7. The zero-order valence-corrected chi connectivity index (χ0v) is 17.5. The SMILES string of the molecule is Cc1ccc(S(=O)(=O)N(CC(=O)N2CCCCCC2)Cc2ccccc2F)cc1. The van der Waals surface area contributed by atoms with Gasteiger partial charge in [-0.1, -0.05) is 48.7 Å². The van der Waals surface area contributed by atoms with E-state index in [1.807, 2.05) is 6.92 Å². The van der Waals surface area contributed by atoms with Crippen LogP contribution in [0.5, 0.6) is 0 Å². The molecule has 0 aromatic heterocycles. The Hall–Kier alpha value is -2.25. The van der Waals surface area contributed by atoms with Gasteiger partial charge >= 0.3 is 0 Å². The lowest BCUT2D eigenvalue weighted by Crippen LogP contribution is -2.43. The van der Waals surface area contributed by atoms with Crippen LogP contribution in [-0.2, 0) is 21.4 Å². The summed E-state index contributed by atoms with van der Waals surface area (Å²) in [6.45, 7) is 2.65. The molecule has 1 saturated heterocycles. The van der Waals surface area contributed by atoms with E-state index < -0.39 is 15.8 Å². The van der Waals surface area contributed by atoms with Gasteiger partial charge in [0.1, 0.15) is 5.82 Å². The first-order chi connectivity index (χ1) is 13.9. The second-order valence-electron chi connectivity index (χ2n) is 7.47. The average molecular weight is 419 g/mol. The largest absolute Gasteiger partial charge is 0.342 e. The van der Waals surface area contributed by atoms with E-state index in [2.05, 4.69) is 0 Å². The van der Waals surface area contributed by atoms with Crippen molar-refractivity contribution >= 4 is 15.9 Å². The second-order valence-corrected chi connectivity index (χ2v) is 9.41. The van der Waals surface area contributed by atoms with E-state index in [0.717, 1.165) is 35.6 Å². The number of amides is 1. The Kier molecular flexibility index (Phi) is 7.03.